The van der Waals surface area contributed by atoms with Gasteiger partial charge in [-0.15, -0.1) is 0 Å². The summed E-state index contributed by atoms with van der Waals surface area (Å²) in [5.41, 5.74) is 3.61. The second kappa shape index (κ2) is 7.96. The van der Waals surface area contributed by atoms with E-state index in [-0.39, 0.29) is 0 Å². The van der Waals surface area contributed by atoms with Crippen molar-refractivity contribution in [3.63, 3.8) is 0 Å². The lowest BCUT2D eigenvalue weighted by Gasteiger charge is -2.10. The predicted octanol–water partition coefficient (Wildman–Crippen LogP) is 3.29. The molecule has 0 atom stereocenters. The Kier molecular flexibility index (Phi) is 5.96. The second-order valence-electron chi connectivity index (χ2n) is 5.39. The van der Waals surface area contributed by atoms with E-state index in [2.05, 4.69) is 54.6 Å². The molecule has 0 unspecified atom stereocenters. The Morgan fingerprint density at radius 2 is 1.90 bits per heavy atom. The molecule has 4 nitrogen and oxygen atoms in total. The maximum absolute atomic E-state index is 5.51. The molecule has 4 heteroatoms. The quantitative estimate of drug-likeness (QED) is 0.809. The highest BCUT2D eigenvalue weighted by Crippen LogP contribution is 2.10. The van der Waals surface area contributed by atoms with Crippen LogP contribution in [0.4, 0.5) is 0 Å². The molecule has 21 heavy (non-hydrogen) atoms. The molecule has 0 spiro atoms. The molecular weight excluding hydrogens is 262 g/mol. The number of hydrogen-bond donors (Lipinski definition) is 1. The Morgan fingerprint density at radius 3 is 2.57 bits per heavy atom. The van der Waals surface area contributed by atoms with Gasteiger partial charge in [-0.3, -0.25) is 4.68 Å². The average molecular weight is 287 g/mol. The van der Waals surface area contributed by atoms with Crippen LogP contribution in [0.15, 0.2) is 36.5 Å². The third-order valence-electron chi connectivity index (χ3n) is 3.39. The van der Waals surface area contributed by atoms with Crippen molar-refractivity contribution < 1.29 is 4.74 Å². The molecular formula is C17H25N3O. The maximum atomic E-state index is 5.51. The highest BCUT2D eigenvalue weighted by atomic mass is 16.5. The van der Waals surface area contributed by atoms with Crippen molar-refractivity contribution in [2.45, 2.75) is 46.5 Å². The van der Waals surface area contributed by atoms with Crippen LogP contribution in [0.1, 0.15) is 43.6 Å². The van der Waals surface area contributed by atoms with Crippen LogP contribution in [-0.2, 0) is 24.4 Å². The van der Waals surface area contributed by atoms with Crippen LogP contribution in [0, 0.1) is 0 Å². The summed E-state index contributed by atoms with van der Waals surface area (Å²) in [5.74, 6) is 0. The highest BCUT2D eigenvalue weighted by Gasteiger charge is 2.04. The van der Waals surface area contributed by atoms with Gasteiger partial charge in [0, 0.05) is 31.9 Å². The fraction of sp³-hybridized carbons (Fsp3) is 0.471. The van der Waals surface area contributed by atoms with Crippen molar-refractivity contribution in [3.05, 3.63) is 53.3 Å². The van der Waals surface area contributed by atoms with Gasteiger partial charge in [0.1, 0.15) is 0 Å². The van der Waals surface area contributed by atoms with Gasteiger partial charge < -0.3 is 10.1 Å². The SMILES string of the molecule is CCOCc1ccccc1CNCc1ccn(C(C)C)n1. The first kappa shape index (κ1) is 15.7. The minimum absolute atomic E-state index is 0.408. The molecule has 0 aliphatic carbocycles. The van der Waals surface area contributed by atoms with Gasteiger partial charge in [-0.25, -0.2) is 0 Å². The lowest BCUT2D eigenvalue weighted by molar-refractivity contribution is 0.133. The predicted molar refractivity (Wildman–Crippen MR) is 84.9 cm³/mol. The van der Waals surface area contributed by atoms with E-state index in [1.807, 2.05) is 17.8 Å². The summed E-state index contributed by atoms with van der Waals surface area (Å²) >= 11 is 0. The summed E-state index contributed by atoms with van der Waals surface area (Å²) in [6.45, 7) is 9.32. The number of ether oxygens (including phenoxy) is 1. The standard InChI is InChI=1S/C17H25N3O/c1-4-21-13-16-8-6-5-7-15(16)11-18-12-17-9-10-20(19-17)14(2)3/h5-10,14,18H,4,11-13H2,1-3H3. The van der Waals surface area contributed by atoms with E-state index in [0.717, 1.165) is 25.4 Å². The van der Waals surface area contributed by atoms with Gasteiger partial charge in [0.2, 0.25) is 0 Å². The van der Waals surface area contributed by atoms with Crippen LogP contribution in [0.2, 0.25) is 0 Å². The van der Waals surface area contributed by atoms with Crippen LogP contribution < -0.4 is 5.32 Å². The number of nitrogens with zero attached hydrogens (tertiary/aromatic N) is 2. The molecule has 0 aliphatic heterocycles. The van der Waals surface area contributed by atoms with Crippen molar-refractivity contribution >= 4 is 0 Å². The van der Waals surface area contributed by atoms with Gasteiger partial charge >= 0.3 is 0 Å². The minimum atomic E-state index is 0.408. The lowest BCUT2D eigenvalue weighted by atomic mass is 10.1. The van der Waals surface area contributed by atoms with Crippen molar-refractivity contribution in [2.75, 3.05) is 6.61 Å². The Morgan fingerprint density at radius 1 is 1.14 bits per heavy atom. The summed E-state index contributed by atoms with van der Waals surface area (Å²) in [4.78, 5) is 0. The van der Waals surface area contributed by atoms with Crippen molar-refractivity contribution in [3.8, 4) is 0 Å². The monoisotopic (exact) mass is 287 g/mol. The fourth-order valence-electron chi connectivity index (χ4n) is 2.17. The van der Waals surface area contributed by atoms with E-state index in [1.54, 1.807) is 0 Å². The van der Waals surface area contributed by atoms with Crippen LogP contribution in [0.25, 0.3) is 0 Å². The summed E-state index contributed by atoms with van der Waals surface area (Å²) < 4.78 is 7.50. The normalized spacial score (nSPS) is 11.2. The minimum Gasteiger partial charge on any atom is -0.377 e. The third-order valence-corrected chi connectivity index (χ3v) is 3.39. The maximum Gasteiger partial charge on any atom is 0.0762 e. The summed E-state index contributed by atoms with van der Waals surface area (Å²) in [7, 11) is 0. The topological polar surface area (TPSA) is 39.1 Å². The van der Waals surface area contributed by atoms with Gasteiger partial charge in [-0.1, -0.05) is 24.3 Å². The van der Waals surface area contributed by atoms with Crippen molar-refractivity contribution in [2.24, 2.45) is 0 Å². The van der Waals surface area contributed by atoms with Crippen molar-refractivity contribution in [1.82, 2.24) is 15.1 Å². The van der Waals surface area contributed by atoms with Crippen LogP contribution in [-0.4, -0.2) is 16.4 Å². The molecule has 0 saturated heterocycles. The van der Waals surface area contributed by atoms with Gasteiger partial charge in [-0.2, -0.15) is 5.10 Å². The largest absolute Gasteiger partial charge is 0.377 e. The Hall–Kier alpha value is -1.65. The Balaban J connectivity index is 1.87. The lowest BCUT2D eigenvalue weighted by Crippen LogP contribution is -2.15. The van der Waals surface area contributed by atoms with Crippen LogP contribution in [0.5, 0.6) is 0 Å². The zero-order chi connectivity index (χ0) is 15.1. The molecule has 0 bridgehead atoms. The van der Waals surface area contributed by atoms with E-state index in [4.69, 9.17) is 4.74 Å². The van der Waals surface area contributed by atoms with E-state index in [1.165, 1.54) is 11.1 Å². The molecule has 2 aromatic rings. The first-order valence-corrected chi connectivity index (χ1v) is 7.60. The van der Waals surface area contributed by atoms with E-state index < -0.39 is 0 Å². The zero-order valence-electron chi connectivity index (χ0n) is 13.2. The third kappa shape index (κ3) is 4.69. The Labute approximate surface area is 127 Å². The molecule has 0 radical (unpaired) electrons. The summed E-state index contributed by atoms with van der Waals surface area (Å²) in [5, 5.41) is 8.00. The first-order valence-electron chi connectivity index (χ1n) is 7.60. The van der Waals surface area contributed by atoms with Gasteiger partial charge in [0.25, 0.3) is 0 Å². The van der Waals surface area contributed by atoms with Gasteiger partial charge in [-0.05, 0) is 38.0 Å². The zero-order valence-corrected chi connectivity index (χ0v) is 13.2. The van der Waals surface area contributed by atoms with Gasteiger partial charge in [0.15, 0.2) is 0 Å². The molecule has 1 aromatic carbocycles. The second-order valence-corrected chi connectivity index (χ2v) is 5.39. The molecule has 0 saturated carbocycles. The van der Waals surface area contributed by atoms with Crippen LogP contribution >= 0.6 is 0 Å². The van der Waals surface area contributed by atoms with Crippen molar-refractivity contribution in [1.29, 1.82) is 0 Å². The number of aromatic nitrogens is 2. The fourth-order valence-corrected chi connectivity index (χ4v) is 2.17. The molecule has 0 fully saturated rings. The first-order chi connectivity index (χ1) is 10.2. The Bertz CT molecular complexity index is 548. The number of hydrogen-bond acceptors (Lipinski definition) is 3. The van der Waals surface area contributed by atoms with E-state index in [0.29, 0.717) is 12.6 Å². The molecule has 0 amide bonds. The molecule has 0 aliphatic rings. The molecule has 1 aromatic heterocycles. The average Bonchev–Trinajstić information content (AvgIpc) is 2.95. The molecule has 2 rings (SSSR count). The summed E-state index contributed by atoms with van der Waals surface area (Å²) in [6.07, 6.45) is 2.03. The van der Waals surface area contributed by atoms with Crippen LogP contribution in [0.3, 0.4) is 0 Å². The number of benzene rings is 1. The number of nitrogens with one attached hydrogen (secondary N) is 1. The molecule has 1 heterocycles. The molecule has 1 N–H and O–H groups in total. The number of rotatable bonds is 8. The smallest absolute Gasteiger partial charge is 0.0762 e. The van der Waals surface area contributed by atoms with E-state index in [9.17, 15) is 0 Å². The molecule has 114 valence electrons. The van der Waals surface area contributed by atoms with E-state index >= 15 is 0 Å². The van der Waals surface area contributed by atoms with Gasteiger partial charge in [0.05, 0.1) is 12.3 Å². The summed E-state index contributed by atoms with van der Waals surface area (Å²) in [6, 6.07) is 10.9. The highest BCUT2D eigenvalue weighted by molar-refractivity contribution is 5.26.